The highest BCUT2D eigenvalue weighted by Gasteiger charge is 2.29. The van der Waals surface area contributed by atoms with Crippen molar-refractivity contribution < 1.29 is 18.3 Å². The van der Waals surface area contributed by atoms with Crippen molar-refractivity contribution in [1.82, 2.24) is 9.88 Å². The van der Waals surface area contributed by atoms with Crippen LogP contribution < -0.4 is 10.2 Å². The number of carbonyl (C=O) groups excluding carboxylic acids is 1. The molecule has 172 valence electrons. The molecule has 0 fully saturated rings. The molecule has 9 heteroatoms. The largest absolute Gasteiger partial charge is 0.477 e. The van der Waals surface area contributed by atoms with Gasteiger partial charge in [0.2, 0.25) is 5.88 Å². The van der Waals surface area contributed by atoms with E-state index < -0.39 is 11.6 Å². The molecule has 1 aromatic carbocycles. The molecule has 0 aliphatic heterocycles. The number of pyridine rings is 1. The van der Waals surface area contributed by atoms with E-state index in [1.807, 2.05) is 13.8 Å². The number of amides is 1. The van der Waals surface area contributed by atoms with E-state index in [0.717, 1.165) is 25.3 Å². The smallest absolute Gasteiger partial charge is 0.256 e. The second-order valence-electron chi connectivity index (χ2n) is 7.31. The number of nitrogens with zero attached hydrogens (tertiary/aromatic N) is 3. The monoisotopic (exact) mass is 445 g/mol. The lowest BCUT2D eigenvalue weighted by Gasteiger charge is -2.34. The van der Waals surface area contributed by atoms with Gasteiger partial charge in [0.1, 0.15) is 11.6 Å². The molecule has 1 unspecified atom stereocenters. The number of rotatable bonds is 12. The summed E-state index contributed by atoms with van der Waals surface area (Å²) in [5, 5.41) is 10.8. The van der Waals surface area contributed by atoms with Crippen molar-refractivity contribution >= 4 is 24.0 Å². The molecule has 32 heavy (non-hydrogen) atoms. The lowest BCUT2D eigenvalue weighted by molar-refractivity contribution is 0.0604. The summed E-state index contributed by atoms with van der Waals surface area (Å²) in [6.45, 7) is 4.33. The maximum absolute atomic E-state index is 13.9. The van der Waals surface area contributed by atoms with Gasteiger partial charge < -0.3 is 15.0 Å². The lowest BCUT2D eigenvalue weighted by atomic mass is 9.92. The second kappa shape index (κ2) is 12.5. The predicted octanol–water partition coefficient (Wildman–Crippen LogP) is 4.75. The number of hydrogen-bond donors (Lipinski definition) is 2. The fraction of sp³-hybridized carbons (Fsp3) is 0.391. The van der Waals surface area contributed by atoms with Crippen molar-refractivity contribution in [3.8, 4) is 5.88 Å². The third-order valence-electron chi connectivity index (χ3n) is 5.13. The SMILES string of the molecule is CCC[C@H](COc1ccc(F)cn1)C(CC)N(C)C(=O)c1cc(F)ccc1N/N=C\C=N. The van der Waals surface area contributed by atoms with E-state index in [9.17, 15) is 13.6 Å². The molecule has 2 atom stereocenters. The number of aromatic nitrogens is 1. The number of halogens is 2. The number of nitrogens with one attached hydrogen (secondary N) is 2. The van der Waals surface area contributed by atoms with Gasteiger partial charge in [-0.2, -0.15) is 5.10 Å². The molecule has 0 saturated heterocycles. The van der Waals surface area contributed by atoms with Crippen LogP contribution in [0, 0.1) is 23.0 Å². The number of benzene rings is 1. The fourth-order valence-corrected chi connectivity index (χ4v) is 3.60. The number of ether oxygens (including phenoxy) is 1. The summed E-state index contributed by atoms with van der Waals surface area (Å²) >= 11 is 0. The van der Waals surface area contributed by atoms with Crippen LogP contribution in [-0.4, -0.2) is 47.9 Å². The van der Waals surface area contributed by atoms with E-state index in [0.29, 0.717) is 24.6 Å². The van der Waals surface area contributed by atoms with Crippen LogP contribution in [0.15, 0.2) is 41.6 Å². The molecule has 0 bridgehead atoms. The van der Waals surface area contributed by atoms with E-state index in [1.54, 1.807) is 11.9 Å². The van der Waals surface area contributed by atoms with Gasteiger partial charge in [0.15, 0.2) is 0 Å². The lowest BCUT2D eigenvalue weighted by Crippen LogP contribution is -2.43. The summed E-state index contributed by atoms with van der Waals surface area (Å²) in [6, 6.07) is 6.41. The van der Waals surface area contributed by atoms with Gasteiger partial charge in [-0.1, -0.05) is 20.3 Å². The number of hydrazone groups is 1. The maximum Gasteiger partial charge on any atom is 0.256 e. The molecule has 1 heterocycles. The van der Waals surface area contributed by atoms with Crippen LogP contribution >= 0.6 is 0 Å². The molecule has 7 nitrogen and oxygen atoms in total. The quantitative estimate of drug-likeness (QED) is 0.364. The molecule has 1 amide bonds. The first kappa shape index (κ1) is 24.9. The molecule has 0 spiro atoms. The topological polar surface area (TPSA) is 90.7 Å². The third-order valence-corrected chi connectivity index (χ3v) is 5.13. The Balaban J connectivity index is 2.22. The summed E-state index contributed by atoms with van der Waals surface area (Å²) in [6.07, 6.45) is 5.65. The Morgan fingerprint density at radius 2 is 2.03 bits per heavy atom. The molecule has 2 aromatic rings. The van der Waals surface area contributed by atoms with Crippen LogP contribution in [0.1, 0.15) is 43.5 Å². The van der Waals surface area contributed by atoms with Gasteiger partial charge in [0.25, 0.3) is 5.91 Å². The molecule has 0 aliphatic carbocycles. The average molecular weight is 446 g/mol. The summed E-state index contributed by atoms with van der Waals surface area (Å²) in [7, 11) is 1.69. The molecule has 2 rings (SSSR count). The van der Waals surface area contributed by atoms with Crippen LogP contribution in [-0.2, 0) is 0 Å². The van der Waals surface area contributed by atoms with Crippen molar-refractivity contribution in [2.45, 2.75) is 39.2 Å². The Morgan fingerprint density at radius 3 is 2.66 bits per heavy atom. The first-order chi connectivity index (χ1) is 15.4. The highest BCUT2D eigenvalue weighted by atomic mass is 19.1. The van der Waals surface area contributed by atoms with Gasteiger partial charge in [-0.25, -0.2) is 13.8 Å². The third kappa shape index (κ3) is 6.83. The highest BCUT2D eigenvalue weighted by molar-refractivity contribution is 6.14. The average Bonchev–Trinajstić information content (AvgIpc) is 2.79. The van der Waals surface area contributed by atoms with Crippen molar-refractivity contribution in [3.05, 3.63) is 53.7 Å². The number of hydrogen-bond acceptors (Lipinski definition) is 6. The molecular formula is C23H29F2N5O2. The minimum atomic E-state index is -0.535. The Kier molecular flexibility index (Phi) is 9.72. The molecular weight excluding hydrogens is 416 g/mol. The standard InChI is InChI=1S/C23H29F2N5O2/c1-4-6-16(15-32-22-10-8-18(25)14-27-22)21(5-2)30(3)23(31)19-13-17(24)7-9-20(19)29-28-12-11-26/h7-14,16,21,26,29H,4-6,15H2,1-3H3/b26-11?,28-12-/t16-,21?/m1/s1. The van der Waals surface area contributed by atoms with Crippen LogP contribution in [0.3, 0.4) is 0 Å². The van der Waals surface area contributed by atoms with Crippen molar-refractivity contribution in [3.63, 3.8) is 0 Å². The Labute approximate surface area is 187 Å². The second-order valence-corrected chi connectivity index (χ2v) is 7.31. The summed E-state index contributed by atoms with van der Waals surface area (Å²) in [5.74, 6) is -1.02. The van der Waals surface area contributed by atoms with Crippen LogP contribution in [0.25, 0.3) is 0 Å². The zero-order valence-electron chi connectivity index (χ0n) is 18.5. The first-order valence-electron chi connectivity index (χ1n) is 10.5. The van der Waals surface area contributed by atoms with Crippen LogP contribution in [0.2, 0.25) is 0 Å². The molecule has 0 aliphatic rings. The zero-order valence-corrected chi connectivity index (χ0v) is 18.5. The van der Waals surface area contributed by atoms with Gasteiger partial charge in [0, 0.05) is 31.3 Å². The van der Waals surface area contributed by atoms with E-state index in [1.165, 1.54) is 36.5 Å². The minimum absolute atomic E-state index is 0.00768. The minimum Gasteiger partial charge on any atom is -0.477 e. The van der Waals surface area contributed by atoms with E-state index >= 15 is 0 Å². The summed E-state index contributed by atoms with van der Waals surface area (Å²) in [4.78, 5) is 18.8. The summed E-state index contributed by atoms with van der Waals surface area (Å²) in [5.41, 5.74) is 3.17. The first-order valence-corrected chi connectivity index (χ1v) is 10.5. The van der Waals surface area contributed by atoms with Crippen molar-refractivity contribution in [1.29, 1.82) is 5.41 Å². The fourth-order valence-electron chi connectivity index (χ4n) is 3.60. The predicted molar refractivity (Wildman–Crippen MR) is 122 cm³/mol. The zero-order chi connectivity index (χ0) is 23.5. The van der Waals surface area contributed by atoms with Gasteiger partial charge >= 0.3 is 0 Å². The number of carbonyl (C=O) groups is 1. The van der Waals surface area contributed by atoms with E-state index in [4.69, 9.17) is 10.1 Å². The maximum atomic E-state index is 13.9. The molecule has 1 aromatic heterocycles. The van der Waals surface area contributed by atoms with Gasteiger partial charge in [-0.15, -0.1) is 0 Å². The van der Waals surface area contributed by atoms with Gasteiger partial charge in [-0.05, 0) is 37.1 Å². The molecule has 0 saturated carbocycles. The Bertz CT molecular complexity index is 921. The van der Waals surface area contributed by atoms with E-state index in [-0.39, 0.29) is 23.4 Å². The normalized spacial score (nSPS) is 12.9. The Hall–Kier alpha value is -3.36. The van der Waals surface area contributed by atoms with Crippen LogP contribution in [0.5, 0.6) is 5.88 Å². The highest BCUT2D eigenvalue weighted by Crippen LogP contribution is 2.25. The van der Waals surface area contributed by atoms with Crippen molar-refractivity contribution in [2.24, 2.45) is 11.0 Å². The van der Waals surface area contributed by atoms with Gasteiger partial charge in [0.05, 0.1) is 30.3 Å². The van der Waals surface area contributed by atoms with Crippen molar-refractivity contribution in [2.75, 3.05) is 19.1 Å². The molecule has 0 radical (unpaired) electrons. The summed E-state index contributed by atoms with van der Waals surface area (Å²) < 4.78 is 32.8. The molecule has 2 N–H and O–H groups in total. The van der Waals surface area contributed by atoms with Gasteiger partial charge in [-0.3, -0.25) is 10.2 Å². The number of anilines is 1. The van der Waals surface area contributed by atoms with Crippen LogP contribution in [0.4, 0.5) is 14.5 Å². The Morgan fingerprint density at radius 1 is 1.28 bits per heavy atom. The van der Waals surface area contributed by atoms with E-state index in [2.05, 4.69) is 15.5 Å².